The van der Waals surface area contributed by atoms with Crippen molar-refractivity contribution in [2.45, 2.75) is 19.8 Å². The lowest BCUT2D eigenvalue weighted by Crippen LogP contribution is -2.15. The van der Waals surface area contributed by atoms with E-state index in [1.807, 2.05) is 37.4 Å². The van der Waals surface area contributed by atoms with E-state index in [9.17, 15) is 5.11 Å². The normalized spacial score (nSPS) is 11.8. The van der Waals surface area contributed by atoms with Gasteiger partial charge < -0.3 is 15.2 Å². The van der Waals surface area contributed by atoms with E-state index in [0.717, 1.165) is 36.3 Å². The van der Waals surface area contributed by atoms with Gasteiger partial charge in [-0.25, -0.2) is 0 Å². The highest BCUT2D eigenvalue weighted by atomic mass is 16.5. The minimum Gasteiger partial charge on any atom is -0.508 e. The summed E-state index contributed by atoms with van der Waals surface area (Å²) < 4.78 is 5.78. The van der Waals surface area contributed by atoms with Crippen molar-refractivity contribution >= 4 is 11.1 Å². The molecule has 0 spiro atoms. The van der Waals surface area contributed by atoms with Gasteiger partial charge in [-0.3, -0.25) is 0 Å². The first-order valence-electron chi connectivity index (χ1n) is 10.2. The number of ether oxygens (including phenoxy) is 1. The van der Waals surface area contributed by atoms with Crippen molar-refractivity contribution in [1.29, 1.82) is 0 Å². The van der Waals surface area contributed by atoms with Gasteiger partial charge in [0.05, 0.1) is 0 Å². The number of benzene rings is 3. The number of phenolic OH excluding ortho intramolecular Hbond substituents is 1. The molecule has 0 fully saturated rings. The van der Waals surface area contributed by atoms with Crippen LogP contribution in [0.2, 0.25) is 0 Å². The lowest BCUT2D eigenvalue weighted by Gasteiger charge is -2.18. The zero-order valence-corrected chi connectivity index (χ0v) is 17.2. The van der Waals surface area contributed by atoms with Gasteiger partial charge in [0.1, 0.15) is 18.1 Å². The van der Waals surface area contributed by atoms with Crippen LogP contribution in [0, 0.1) is 0 Å². The van der Waals surface area contributed by atoms with Gasteiger partial charge in [0.15, 0.2) is 0 Å². The van der Waals surface area contributed by atoms with E-state index in [1.54, 1.807) is 12.1 Å². The Morgan fingerprint density at radius 3 is 2.03 bits per heavy atom. The maximum atomic E-state index is 9.77. The second kappa shape index (κ2) is 10.5. The van der Waals surface area contributed by atoms with E-state index < -0.39 is 0 Å². The summed E-state index contributed by atoms with van der Waals surface area (Å²) >= 11 is 0. The Labute approximate surface area is 173 Å². The van der Waals surface area contributed by atoms with Gasteiger partial charge in [0, 0.05) is 6.54 Å². The highest BCUT2D eigenvalue weighted by Crippen LogP contribution is 2.36. The zero-order valence-electron chi connectivity index (χ0n) is 17.2. The Bertz CT molecular complexity index is 913. The zero-order chi connectivity index (χ0) is 20.5. The molecule has 0 radical (unpaired) electrons. The summed E-state index contributed by atoms with van der Waals surface area (Å²) in [5.41, 5.74) is 5.97. The quantitative estimate of drug-likeness (QED) is 0.363. The summed E-state index contributed by atoms with van der Waals surface area (Å²) in [7, 11) is 1.92. The molecule has 0 unspecified atom stereocenters. The number of hydrogen-bond acceptors (Lipinski definition) is 3. The molecule has 29 heavy (non-hydrogen) atoms. The second-order valence-corrected chi connectivity index (χ2v) is 6.99. The average molecular weight is 388 g/mol. The molecule has 0 aliphatic carbocycles. The van der Waals surface area contributed by atoms with Crippen molar-refractivity contribution in [3.05, 3.63) is 95.6 Å². The third-order valence-corrected chi connectivity index (χ3v) is 4.84. The summed E-state index contributed by atoms with van der Waals surface area (Å²) in [6.07, 6.45) is 2.03. The topological polar surface area (TPSA) is 41.5 Å². The highest BCUT2D eigenvalue weighted by Gasteiger charge is 2.14. The number of nitrogens with one attached hydrogen (secondary N) is 1. The summed E-state index contributed by atoms with van der Waals surface area (Å²) in [5.74, 6) is 1.14. The van der Waals surface area contributed by atoms with Crippen LogP contribution in [0.15, 0.2) is 78.9 Å². The molecule has 0 saturated heterocycles. The fraction of sp³-hybridized carbons (Fsp3) is 0.231. The molecule has 2 N–H and O–H groups in total. The van der Waals surface area contributed by atoms with Gasteiger partial charge in [-0.15, -0.1) is 0 Å². The largest absolute Gasteiger partial charge is 0.508 e. The molecule has 0 heterocycles. The minimum atomic E-state index is 0.276. The Hall–Kier alpha value is -3.04. The third-order valence-electron chi connectivity index (χ3n) is 4.84. The molecule has 3 heteroatoms. The van der Waals surface area contributed by atoms with Crippen molar-refractivity contribution in [2.24, 2.45) is 0 Å². The maximum absolute atomic E-state index is 9.77. The monoisotopic (exact) mass is 387 g/mol. The number of likely N-dealkylation sites (N-methyl/N-ethyl adjacent to an activating group) is 1. The minimum absolute atomic E-state index is 0.276. The van der Waals surface area contributed by atoms with Gasteiger partial charge in [0.2, 0.25) is 0 Å². The van der Waals surface area contributed by atoms with E-state index in [4.69, 9.17) is 4.74 Å². The summed E-state index contributed by atoms with van der Waals surface area (Å²) in [6.45, 7) is 3.66. The van der Waals surface area contributed by atoms with Crippen LogP contribution >= 0.6 is 0 Å². The van der Waals surface area contributed by atoms with Crippen LogP contribution in [-0.4, -0.2) is 25.3 Å². The molecule has 0 bridgehead atoms. The fourth-order valence-corrected chi connectivity index (χ4v) is 3.44. The molecule has 0 saturated carbocycles. The Kier molecular flexibility index (Phi) is 7.48. The van der Waals surface area contributed by atoms with Crippen molar-refractivity contribution in [3.63, 3.8) is 0 Å². The van der Waals surface area contributed by atoms with Gasteiger partial charge in [0.25, 0.3) is 0 Å². The van der Waals surface area contributed by atoms with Crippen molar-refractivity contribution < 1.29 is 9.84 Å². The van der Waals surface area contributed by atoms with Gasteiger partial charge in [-0.05, 0) is 65.6 Å². The molecular formula is C26H29NO2. The number of aromatic hydroxyl groups is 1. The van der Waals surface area contributed by atoms with Crippen LogP contribution in [0.1, 0.15) is 36.5 Å². The van der Waals surface area contributed by atoms with E-state index in [2.05, 4.69) is 48.6 Å². The predicted octanol–water partition coefficient (Wildman–Crippen LogP) is 5.75. The molecule has 0 aromatic heterocycles. The molecule has 0 aliphatic rings. The maximum Gasteiger partial charge on any atom is 0.119 e. The van der Waals surface area contributed by atoms with Crippen molar-refractivity contribution in [2.75, 3.05) is 20.2 Å². The molecule has 3 rings (SSSR count). The van der Waals surface area contributed by atoms with Crippen LogP contribution < -0.4 is 10.1 Å². The first kappa shape index (κ1) is 20.7. The first-order valence-corrected chi connectivity index (χ1v) is 10.2. The van der Waals surface area contributed by atoms with Crippen molar-refractivity contribution in [1.82, 2.24) is 5.32 Å². The Morgan fingerprint density at radius 1 is 0.828 bits per heavy atom. The highest BCUT2D eigenvalue weighted by molar-refractivity contribution is 5.98. The SMILES string of the molecule is CCC/C(=C(\c1ccc(O)cc1)c1ccc(OCCNC)cc1)c1ccccc1. The van der Waals surface area contributed by atoms with E-state index in [-0.39, 0.29) is 5.75 Å². The number of allylic oxidation sites excluding steroid dienone is 1. The van der Waals surface area contributed by atoms with E-state index >= 15 is 0 Å². The van der Waals surface area contributed by atoms with Crippen LogP contribution in [0.5, 0.6) is 11.5 Å². The fourth-order valence-electron chi connectivity index (χ4n) is 3.44. The number of hydrogen-bond donors (Lipinski definition) is 2. The summed E-state index contributed by atoms with van der Waals surface area (Å²) in [6, 6.07) is 26.3. The van der Waals surface area contributed by atoms with Gasteiger partial charge >= 0.3 is 0 Å². The molecule has 3 nitrogen and oxygen atoms in total. The first-order chi connectivity index (χ1) is 14.2. The van der Waals surface area contributed by atoms with Gasteiger partial charge in [-0.2, -0.15) is 0 Å². The summed E-state index contributed by atoms with van der Waals surface area (Å²) in [4.78, 5) is 0. The van der Waals surface area contributed by atoms with E-state index in [0.29, 0.717) is 6.61 Å². The molecule has 150 valence electrons. The molecule has 0 atom stereocenters. The van der Waals surface area contributed by atoms with Crippen LogP contribution in [0.3, 0.4) is 0 Å². The molecule has 3 aromatic carbocycles. The van der Waals surface area contributed by atoms with Crippen LogP contribution in [0.25, 0.3) is 11.1 Å². The average Bonchev–Trinajstić information content (AvgIpc) is 2.76. The molecule has 0 aliphatic heterocycles. The lowest BCUT2D eigenvalue weighted by molar-refractivity contribution is 0.318. The van der Waals surface area contributed by atoms with Crippen LogP contribution in [-0.2, 0) is 0 Å². The smallest absolute Gasteiger partial charge is 0.119 e. The second-order valence-electron chi connectivity index (χ2n) is 6.99. The molecular weight excluding hydrogens is 358 g/mol. The van der Waals surface area contributed by atoms with E-state index in [1.165, 1.54) is 16.7 Å². The van der Waals surface area contributed by atoms with Gasteiger partial charge in [-0.1, -0.05) is 67.9 Å². The Balaban J connectivity index is 2.09. The third kappa shape index (κ3) is 5.49. The molecule has 3 aromatic rings. The van der Waals surface area contributed by atoms with Crippen LogP contribution in [0.4, 0.5) is 0 Å². The Morgan fingerprint density at radius 2 is 1.45 bits per heavy atom. The lowest BCUT2D eigenvalue weighted by atomic mass is 9.87. The standard InChI is InChI=1S/C26H29NO2/c1-3-7-25(20-8-5-4-6-9-20)26(21-10-14-23(28)15-11-21)22-12-16-24(17-13-22)29-19-18-27-2/h4-6,8-17,27-28H,3,7,18-19H2,1-2H3/b26-25-. The molecule has 0 amide bonds. The summed E-state index contributed by atoms with van der Waals surface area (Å²) in [5, 5.41) is 12.9. The van der Waals surface area contributed by atoms with Crippen molar-refractivity contribution in [3.8, 4) is 11.5 Å². The number of rotatable bonds is 9. The predicted molar refractivity (Wildman–Crippen MR) is 121 cm³/mol. The number of phenols is 1.